The van der Waals surface area contributed by atoms with Crippen LogP contribution in [0.5, 0.6) is 0 Å². The summed E-state index contributed by atoms with van der Waals surface area (Å²) < 4.78 is 65.7. The molecule has 2 N–H and O–H groups in total. The molecule has 1 aromatic carbocycles. The molecule has 3 rings (SSSR count). The first-order chi connectivity index (χ1) is 16.8. The molecule has 0 bridgehead atoms. The maximum atomic E-state index is 13.6. The average molecular weight is 524 g/mol. The molecule has 0 fully saturated rings. The first-order valence-electron chi connectivity index (χ1n) is 10.4. The Morgan fingerprint density at radius 2 is 1.81 bits per heavy atom. The molecule has 0 aliphatic heterocycles. The van der Waals surface area contributed by atoms with Crippen LogP contribution in [0.2, 0.25) is 0 Å². The average Bonchev–Trinajstić information content (AvgIpc) is 2.81. The normalized spacial score (nSPS) is 11.6. The number of hydrogen-bond acceptors (Lipinski definition) is 8. The zero-order valence-corrected chi connectivity index (χ0v) is 20.6. The number of benzene rings is 1. The predicted octanol–water partition coefficient (Wildman–Crippen LogP) is 3.34. The van der Waals surface area contributed by atoms with Gasteiger partial charge < -0.3 is 15.5 Å². The molecule has 0 unspecified atom stereocenters. The van der Waals surface area contributed by atoms with Crippen molar-refractivity contribution >= 4 is 39.2 Å². The van der Waals surface area contributed by atoms with E-state index in [1.165, 1.54) is 36.3 Å². The number of sulfonamides is 1. The van der Waals surface area contributed by atoms with Crippen LogP contribution in [0.25, 0.3) is 0 Å². The van der Waals surface area contributed by atoms with Crippen LogP contribution < -0.4 is 14.9 Å². The molecule has 10 nitrogen and oxygen atoms in total. The topological polar surface area (TPSA) is 120 Å². The van der Waals surface area contributed by atoms with Crippen LogP contribution in [0.3, 0.4) is 0 Å². The molecule has 1 amide bonds. The van der Waals surface area contributed by atoms with Crippen molar-refractivity contribution in [3.8, 4) is 0 Å². The second-order valence-electron chi connectivity index (χ2n) is 7.93. The van der Waals surface area contributed by atoms with Gasteiger partial charge in [0.2, 0.25) is 16.0 Å². The highest BCUT2D eigenvalue weighted by Crippen LogP contribution is 2.34. The van der Waals surface area contributed by atoms with Crippen molar-refractivity contribution in [2.24, 2.45) is 0 Å². The molecule has 192 valence electrons. The Bertz CT molecular complexity index is 1360. The number of nitrogens with one attached hydrogen (secondary N) is 2. The van der Waals surface area contributed by atoms with Crippen molar-refractivity contribution in [1.82, 2.24) is 19.9 Å². The van der Waals surface area contributed by atoms with Crippen molar-refractivity contribution in [3.05, 3.63) is 65.5 Å². The number of halogens is 3. The van der Waals surface area contributed by atoms with E-state index in [1.54, 1.807) is 32.3 Å². The summed E-state index contributed by atoms with van der Waals surface area (Å²) >= 11 is 0. The molecule has 36 heavy (non-hydrogen) atoms. The molecule has 0 aliphatic rings. The Kier molecular flexibility index (Phi) is 7.67. The van der Waals surface area contributed by atoms with Crippen LogP contribution in [0, 0.1) is 0 Å². The van der Waals surface area contributed by atoms with E-state index in [1.807, 2.05) is 0 Å². The number of alkyl halides is 3. The zero-order valence-electron chi connectivity index (χ0n) is 19.8. The van der Waals surface area contributed by atoms with E-state index in [0.717, 1.165) is 10.6 Å². The molecule has 0 aliphatic carbocycles. The first kappa shape index (κ1) is 26.7. The summed E-state index contributed by atoms with van der Waals surface area (Å²) in [6, 6.07) is 9.44. The molecule has 14 heteroatoms. The maximum absolute atomic E-state index is 13.6. The zero-order chi connectivity index (χ0) is 26.7. The number of amides is 1. The smallest absolute Gasteiger partial charge is 0.365 e. The third kappa shape index (κ3) is 6.38. The van der Waals surface area contributed by atoms with Crippen molar-refractivity contribution in [2.75, 3.05) is 42.3 Å². The second kappa shape index (κ2) is 10.4. The third-order valence-corrected chi connectivity index (χ3v) is 6.14. The Hall–Kier alpha value is -3.94. The summed E-state index contributed by atoms with van der Waals surface area (Å²) in [4.78, 5) is 25.4. The monoisotopic (exact) mass is 523 g/mol. The van der Waals surface area contributed by atoms with Gasteiger partial charge in [0.05, 0.1) is 6.26 Å². The molecular weight excluding hydrogens is 499 g/mol. The van der Waals surface area contributed by atoms with E-state index in [4.69, 9.17) is 0 Å². The number of nitrogens with zero attached hydrogens (tertiary/aromatic N) is 5. The molecule has 0 spiro atoms. The number of hydrogen-bond donors (Lipinski definition) is 2. The fourth-order valence-corrected chi connectivity index (χ4v) is 3.57. The SMILES string of the molecule is CN(C)C(=O)c1cccc(Nc2ncc(C(F)(F)F)c(NCc3cccnc3N(C)S(C)(=O)=O)n2)c1. The lowest BCUT2D eigenvalue weighted by atomic mass is 10.2. The van der Waals surface area contributed by atoms with E-state index >= 15 is 0 Å². The van der Waals surface area contributed by atoms with E-state index in [2.05, 4.69) is 25.6 Å². The molecule has 2 heterocycles. The quantitative estimate of drug-likeness (QED) is 0.461. The van der Waals surface area contributed by atoms with Crippen LogP contribution in [0.1, 0.15) is 21.5 Å². The second-order valence-corrected chi connectivity index (χ2v) is 9.94. The van der Waals surface area contributed by atoms with Crippen molar-refractivity contribution in [1.29, 1.82) is 0 Å². The van der Waals surface area contributed by atoms with Gasteiger partial charge in [-0.05, 0) is 24.3 Å². The van der Waals surface area contributed by atoms with Gasteiger partial charge in [-0.15, -0.1) is 0 Å². The van der Waals surface area contributed by atoms with E-state index in [0.29, 0.717) is 23.0 Å². The lowest BCUT2D eigenvalue weighted by molar-refractivity contribution is -0.137. The molecular formula is C22H24F3N7O3S. The minimum atomic E-state index is -4.75. The van der Waals surface area contributed by atoms with Crippen molar-refractivity contribution < 1.29 is 26.4 Å². The van der Waals surface area contributed by atoms with Gasteiger partial charge in [0, 0.05) is 56.9 Å². The number of rotatable bonds is 8. The predicted molar refractivity (Wildman–Crippen MR) is 130 cm³/mol. The van der Waals surface area contributed by atoms with Gasteiger partial charge in [-0.3, -0.25) is 9.10 Å². The van der Waals surface area contributed by atoms with Gasteiger partial charge in [-0.25, -0.2) is 18.4 Å². The van der Waals surface area contributed by atoms with Gasteiger partial charge in [-0.2, -0.15) is 18.2 Å². The van der Waals surface area contributed by atoms with E-state index in [9.17, 15) is 26.4 Å². The van der Waals surface area contributed by atoms with Crippen LogP contribution >= 0.6 is 0 Å². The lowest BCUT2D eigenvalue weighted by Gasteiger charge is -2.20. The van der Waals surface area contributed by atoms with Crippen LogP contribution in [-0.2, 0) is 22.7 Å². The van der Waals surface area contributed by atoms with Crippen molar-refractivity contribution in [2.45, 2.75) is 12.7 Å². The van der Waals surface area contributed by atoms with Gasteiger partial charge >= 0.3 is 6.18 Å². The molecule has 0 radical (unpaired) electrons. The molecule has 0 saturated heterocycles. The molecule has 2 aromatic heterocycles. The van der Waals surface area contributed by atoms with Crippen LogP contribution in [0.15, 0.2) is 48.8 Å². The van der Waals surface area contributed by atoms with Gasteiger partial charge in [0.25, 0.3) is 5.91 Å². The standard InChI is InChI=1S/C22H24F3N7O3S/c1-31(2)20(33)14-7-5-9-16(11-14)29-21-28-13-17(22(23,24)25)18(30-21)27-12-15-8-6-10-26-19(15)32(3)36(4,34)35/h5-11,13H,12H2,1-4H3,(H2,27,28,29,30). The number of aromatic nitrogens is 3. The first-order valence-corrected chi connectivity index (χ1v) is 12.3. The maximum Gasteiger partial charge on any atom is 0.421 e. The number of pyridine rings is 1. The Labute approximate surface area is 206 Å². The Morgan fingerprint density at radius 3 is 2.44 bits per heavy atom. The number of anilines is 4. The minimum Gasteiger partial charge on any atom is -0.365 e. The van der Waals surface area contributed by atoms with Gasteiger partial charge in [0.15, 0.2) is 0 Å². The molecule has 0 saturated carbocycles. The lowest BCUT2D eigenvalue weighted by Crippen LogP contribution is -2.27. The largest absolute Gasteiger partial charge is 0.421 e. The highest BCUT2D eigenvalue weighted by Gasteiger charge is 2.35. The third-order valence-electron chi connectivity index (χ3n) is 4.98. The van der Waals surface area contributed by atoms with Gasteiger partial charge in [-0.1, -0.05) is 12.1 Å². The number of carbonyl (C=O) groups is 1. The van der Waals surface area contributed by atoms with E-state index in [-0.39, 0.29) is 24.2 Å². The Balaban J connectivity index is 1.91. The van der Waals surface area contributed by atoms with Crippen LogP contribution in [0.4, 0.5) is 36.4 Å². The summed E-state index contributed by atoms with van der Waals surface area (Å²) in [6.45, 7) is -0.199. The summed E-state index contributed by atoms with van der Waals surface area (Å²) in [7, 11) is 0.843. The molecule has 3 aromatic rings. The summed E-state index contributed by atoms with van der Waals surface area (Å²) in [6.07, 6.45) is -1.74. The fraction of sp³-hybridized carbons (Fsp3) is 0.273. The summed E-state index contributed by atoms with van der Waals surface area (Å²) in [5.41, 5.74) is 0.000147. The summed E-state index contributed by atoms with van der Waals surface area (Å²) in [5.74, 6) is -0.839. The van der Waals surface area contributed by atoms with Gasteiger partial charge in [0.1, 0.15) is 17.2 Å². The minimum absolute atomic E-state index is 0.0656. The van der Waals surface area contributed by atoms with Crippen LogP contribution in [-0.4, -0.2) is 61.6 Å². The molecule has 0 atom stereocenters. The summed E-state index contributed by atoms with van der Waals surface area (Å²) in [5, 5.41) is 5.42. The van der Waals surface area contributed by atoms with E-state index < -0.39 is 27.6 Å². The highest BCUT2D eigenvalue weighted by atomic mass is 32.2. The Morgan fingerprint density at radius 1 is 1.08 bits per heavy atom. The number of carbonyl (C=O) groups excluding carboxylic acids is 1. The van der Waals surface area contributed by atoms with Crippen molar-refractivity contribution in [3.63, 3.8) is 0 Å². The fourth-order valence-electron chi connectivity index (χ4n) is 3.09. The highest BCUT2D eigenvalue weighted by molar-refractivity contribution is 7.92.